The van der Waals surface area contributed by atoms with Crippen LogP contribution >= 0.6 is 8.53 Å². The van der Waals surface area contributed by atoms with Gasteiger partial charge in [0.15, 0.2) is 8.32 Å². The molecule has 330 valence electrons. The van der Waals surface area contributed by atoms with E-state index in [0.29, 0.717) is 11.5 Å². The quantitative estimate of drug-likeness (QED) is 0.0395. The molecule has 0 N–H and O–H groups in total. The summed E-state index contributed by atoms with van der Waals surface area (Å²) in [4.78, 5) is 0. The fourth-order valence-electron chi connectivity index (χ4n) is 7.46. The highest BCUT2D eigenvalue weighted by molar-refractivity contribution is 7.44. The molecule has 0 spiro atoms. The topological polar surface area (TPSA) is 91.6 Å². The van der Waals surface area contributed by atoms with Crippen LogP contribution in [0, 0.1) is 29.9 Å². The van der Waals surface area contributed by atoms with E-state index in [2.05, 4.69) is 72.3 Å². The number of nitrogens with zero attached hydrogens (tertiary/aromatic N) is 2. The smallest absolute Gasteiger partial charge is 0.259 e. The number of rotatable bonds is 19. The van der Waals surface area contributed by atoms with Gasteiger partial charge >= 0.3 is 0 Å². The third-order valence-corrected chi connectivity index (χ3v) is 18.2. The molecule has 4 aromatic carbocycles. The Morgan fingerprint density at radius 2 is 1.34 bits per heavy atom. The van der Waals surface area contributed by atoms with Gasteiger partial charge in [-0.3, -0.25) is 0 Å². The maximum atomic E-state index is 16.2. The van der Waals surface area contributed by atoms with Crippen LogP contribution in [-0.4, -0.2) is 70.8 Å². The van der Waals surface area contributed by atoms with Crippen LogP contribution in [-0.2, 0) is 28.5 Å². The van der Waals surface area contributed by atoms with Crippen LogP contribution < -0.4 is 9.47 Å². The molecule has 0 amide bonds. The van der Waals surface area contributed by atoms with Crippen molar-refractivity contribution < 1.29 is 41.2 Å². The van der Waals surface area contributed by atoms with E-state index in [9.17, 15) is 9.65 Å². The molecule has 1 unspecified atom stereocenters. The molecule has 0 aromatic heterocycles. The molecule has 61 heavy (non-hydrogen) atoms. The minimum absolute atomic E-state index is 0.00570. The van der Waals surface area contributed by atoms with Crippen LogP contribution in [0.15, 0.2) is 91.0 Å². The Kier molecular flexibility index (Phi) is 16.3. The maximum absolute atomic E-state index is 16.2. The van der Waals surface area contributed by atoms with Crippen LogP contribution in [0.5, 0.6) is 11.5 Å². The second kappa shape index (κ2) is 20.6. The number of methoxy groups -OCH3 is 2. The Balaban J connectivity index is 1.74. The minimum atomic E-state index is -2.66. The van der Waals surface area contributed by atoms with Gasteiger partial charge in [-0.05, 0) is 105 Å². The van der Waals surface area contributed by atoms with Crippen molar-refractivity contribution in [1.82, 2.24) is 4.67 Å². The van der Waals surface area contributed by atoms with Crippen molar-refractivity contribution >= 4 is 16.8 Å². The molecule has 1 fully saturated rings. The Morgan fingerprint density at radius 1 is 0.803 bits per heavy atom. The van der Waals surface area contributed by atoms with Gasteiger partial charge < -0.3 is 32.4 Å². The summed E-state index contributed by atoms with van der Waals surface area (Å²) in [5, 5.41) is 9.26. The van der Waals surface area contributed by atoms with Gasteiger partial charge in [0.25, 0.3) is 8.53 Å². The second-order valence-electron chi connectivity index (χ2n) is 17.5. The molecule has 0 bridgehead atoms. The van der Waals surface area contributed by atoms with Gasteiger partial charge in [0.2, 0.25) is 0 Å². The molecule has 0 radical (unpaired) electrons. The molecule has 4 aromatic rings. The summed E-state index contributed by atoms with van der Waals surface area (Å²) in [6.07, 6.45) is -3.46. The number of benzene rings is 4. The van der Waals surface area contributed by atoms with Crippen LogP contribution in [0.4, 0.5) is 8.78 Å². The predicted molar refractivity (Wildman–Crippen MR) is 239 cm³/mol. The Bertz CT molecular complexity index is 2000. The lowest BCUT2D eigenvalue weighted by Gasteiger charge is -2.42. The molecule has 5 rings (SSSR count). The Hall–Kier alpha value is -3.76. The van der Waals surface area contributed by atoms with Gasteiger partial charge in [0.05, 0.1) is 39.9 Å². The number of ether oxygens (including phenoxy) is 4. The summed E-state index contributed by atoms with van der Waals surface area (Å²) in [6, 6.07) is 30.0. The zero-order valence-electron chi connectivity index (χ0n) is 37.7. The van der Waals surface area contributed by atoms with E-state index >= 15 is 4.39 Å². The van der Waals surface area contributed by atoms with E-state index in [1.807, 2.05) is 78.9 Å². The monoisotopic (exact) mass is 876 g/mol. The zero-order valence-corrected chi connectivity index (χ0v) is 39.6. The summed E-state index contributed by atoms with van der Waals surface area (Å²) in [5.74, 6) is -0.0318. The normalized spacial score (nSPS) is 19.1. The molecular formula is C48H63F2N2O7PSi. The van der Waals surface area contributed by atoms with E-state index in [1.165, 1.54) is 6.07 Å². The van der Waals surface area contributed by atoms with Crippen molar-refractivity contribution in [3.63, 3.8) is 0 Å². The number of halogens is 2. The van der Waals surface area contributed by atoms with Crippen molar-refractivity contribution in [1.29, 1.82) is 5.26 Å². The van der Waals surface area contributed by atoms with E-state index in [-0.39, 0.29) is 47.9 Å². The first-order chi connectivity index (χ1) is 28.9. The van der Waals surface area contributed by atoms with Gasteiger partial charge in [-0.2, -0.15) is 5.26 Å². The molecule has 1 aliphatic heterocycles. The Morgan fingerprint density at radius 3 is 1.84 bits per heavy atom. The van der Waals surface area contributed by atoms with E-state index in [4.69, 9.17) is 32.4 Å². The van der Waals surface area contributed by atoms with E-state index in [1.54, 1.807) is 21.1 Å². The molecular weight excluding hydrogens is 814 g/mol. The molecule has 1 saturated heterocycles. The molecule has 13 heteroatoms. The third-order valence-electron chi connectivity index (χ3n) is 11.6. The van der Waals surface area contributed by atoms with E-state index < -0.39 is 58.5 Å². The van der Waals surface area contributed by atoms with E-state index in [0.717, 1.165) is 22.8 Å². The summed E-state index contributed by atoms with van der Waals surface area (Å²) < 4.78 is 79.9. The first kappa shape index (κ1) is 48.3. The summed E-state index contributed by atoms with van der Waals surface area (Å²) in [6.45, 7) is 20.6. The number of aryl methyl sites for hydroxylation is 1. The van der Waals surface area contributed by atoms with Crippen molar-refractivity contribution in [2.45, 2.75) is 122 Å². The molecule has 9 nitrogen and oxygen atoms in total. The summed E-state index contributed by atoms with van der Waals surface area (Å²) >= 11 is 0. The standard InChI is InChI=1S/C48H63F2N2O7PSi/c1-32(2)52(33(3)4)60(56-28-16-27-51)58-45-43(57-44(40-29-34(5)41(49)30-42(40)50)46(45)59-61(11,12)47(6,7)8)31-55-48(35-17-14-13-15-18-35,36-19-23-38(53-9)24-20-36)37-21-25-39(54-10)26-22-37/h13-15,17-26,29-30,32-33,43-46H,16,28,31H2,1-12H3/t43-,44+,45-,46+,60?/m1/s1. The van der Waals surface area contributed by atoms with Crippen LogP contribution in [0.25, 0.3) is 0 Å². The average molecular weight is 877 g/mol. The van der Waals surface area contributed by atoms with Crippen molar-refractivity contribution in [2.75, 3.05) is 27.4 Å². The van der Waals surface area contributed by atoms with Crippen molar-refractivity contribution in [2.24, 2.45) is 0 Å². The average Bonchev–Trinajstić information content (AvgIpc) is 3.54. The number of hydrogen-bond acceptors (Lipinski definition) is 9. The lowest BCUT2D eigenvalue weighted by atomic mass is 9.80. The highest BCUT2D eigenvalue weighted by Crippen LogP contribution is 2.53. The number of hydrogen-bond donors (Lipinski definition) is 0. The SMILES string of the molecule is COc1ccc(C(OC[C@H]2O[C@@H](c3cc(C)c(F)cc3F)[C@H](O[Si](C)(C)C(C)(C)C)[C@@H]2OP(OCCC#N)N(C(C)C)C(C)C)(c2ccccc2)c2ccc(OC)cc2)cc1. The van der Waals surface area contributed by atoms with Gasteiger partial charge in [0.1, 0.15) is 53.2 Å². The van der Waals surface area contributed by atoms with Crippen molar-refractivity contribution in [3.8, 4) is 17.6 Å². The zero-order chi connectivity index (χ0) is 44.7. The van der Waals surface area contributed by atoms with Gasteiger partial charge in [-0.15, -0.1) is 0 Å². The molecule has 0 saturated carbocycles. The van der Waals surface area contributed by atoms with Crippen LogP contribution in [0.3, 0.4) is 0 Å². The fourth-order valence-corrected chi connectivity index (χ4v) is 10.5. The first-order valence-corrected chi connectivity index (χ1v) is 24.9. The van der Waals surface area contributed by atoms with Crippen LogP contribution in [0.1, 0.15) is 88.8 Å². The lowest BCUT2D eigenvalue weighted by Crippen LogP contribution is -2.49. The largest absolute Gasteiger partial charge is 0.497 e. The third kappa shape index (κ3) is 10.9. The summed E-state index contributed by atoms with van der Waals surface area (Å²) in [5.41, 5.74) is 1.71. The first-order valence-electron chi connectivity index (χ1n) is 20.9. The minimum Gasteiger partial charge on any atom is -0.497 e. The van der Waals surface area contributed by atoms with Gasteiger partial charge in [0, 0.05) is 23.7 Å². The van der Waals surface area contributed by atoms with Crippen LogP contribution in [0.2, 0.25) is 18.1 Å². The summed E-state index contributed by atoms with van der Waals surface area (Å²) in [7, 11) is -1.25. The lowest BCUT2D eigenvalue weighted by molar-refractivity contribution is -0.0810. The highest BCUT2D eigenvalue weighted by atomic mass is 31.2. The molecule has 1 heterocycles. The van der Waals surface area contributed by atoms with Crippen molar-refractivity contribution in [3.05, 3.63) is 130 Å². The molecule has 0 aliphatic carbocycles. The molecule has 1 aliphatic rings. The highest BCUT2D eigenvalue weighted by Gasteiger charge is 2.54. The fraction of sp³-hybridized carbons (Fsp3) is 0.479. The second-order valence-corrected chi connectivity index (χ2v) is 23.7. The number of nitriles is 1. The maximum Gasteiger partial charge on any atom is 0.259 e. The molecule has 5 atom stereocenters. The van der Waals surface area contributed by atoms with Gasteiger partial charge in [-0.1, -0.05) is 75.4 Å². The predicted octanol–water partition coefficient (Wildman–Crippen LogP) is 11.8. The van der Waals surface area contributed by atoms with Gasteiger partial charge in [-0.25, -0.2) is 13.5 Å². The Labute approximate surface area is 364 Å².